The number of nitrogens with zero attached hydrogens (tertiary/aromatic N) is 4. The normalized spacial score (nSPS) is 15.6. The van der Waals surface area contributed by atoms with E-state index in [1.54, 1.807) is 46.7 Å². The molecule has 4 aromatic rings. The summed E-state index contributed by atoms with van der Waals surface area (Å²) in [6.45, 7) is 1.49. The van der Waals surface area contributed by atoms with Crippen LogP contribution in [0.1, 0.15) is 28.9 Å². The topological polar surface area (TPSA) is 92.3 Å². The van der Waals surface area contributed by atoms with E-state index in [2.05, 4.69) is 25.8 Å². The number of hydrogen-bond donors (Lipinski definition) is 2. The lowest BCUT2D eigenvalue weighted by Gasteiger charge is -2.37. The fourth-order valence-corrected chi connectivity index (χ4v) is 5.60. The molecule has 0 radical (unpaired) electrons. The Kier molecular flexibility index (Phi) is 8.27. The minimum absolute atomic E-state index is 0.0444. The zero-order valence-electron chi connectivity index (χ0n) is 21.6. The van der Waals surface area contributed by atoms with Gasteiger partial charge in [0, 0.05) is 24.0 Å². The van der Waals surface area contributed by atoms with Crippen molar-refractivity contribution in [2.24, 2.45) is 5.92 Å². The highest BCUT2D eigenvalue weighted by Crippen LogP contribution is 2.48. The molecule has 0 spiro atoms. The van der Waals surface area contributed by atoms with Crippen LogP contribution < -0.4 is 20.3 Å². The number of piperidine rings is 1. The second kappa shape index (κ2) is 12.0. The summed E-state index contributed by atoms with van der Waals surface area (Å²) in [7, 11) is 1.82. The molecule has 1 saturated heterocycles. The maximum absolute atomic E-state index is 14.8. The van der Waals surface area contributed by atoms with Gasteiger partial charge >= 0.3 is 6.18 Å². The maximum Gasteiger partial charge on any atom is 0.422 e. The summed E-state index contributed by atoms with van der Waals surface area (Å²) < 4.78 is 50.1. The van der Waals surface area contributed by atoms with Crippen LogP contribution in [-0.2, 0) is 6.18 Å². The highest BCUT2D eigenvalue weighted by atomic mass is 32.1. The van der Waals surface area contributed by atoms with Crippen LogP contribution in [0.5, 0.6) is 11.5 Å². The Morgan fingerprint density at radius 2 is 1.98 bits per heavy atom. The minimum Gasteiger partial charge on any atom is -0.457 e. The van der Waals surface area contributed by atoms with E-state index in [4.69, 9.17) is 4.74 Å². The highest BCUT2D eigenvalue weighted by Gasteiger charge is 2.41. The molecule has 2 N–H and O–H groups in total. The van der Waals surface area contributed by atoms with Gasteiger partial charge in [0.1, 0.15) is 27.8 Å². The predicted octanol–water partition coefficient (Wildman–Crippen LogP) is 6.10. The molecule has 0 aliphatic carbocycles. The molecule has 0 bridgehead atoms. The van der Waals surface area contributed by atoms with Crippen LogP contribution in [0.15, 0.2) is 66.3 Å². The van der Waals surface area contributed by atoms with E-state index in [9.17, 15) is 18.0 Å². The van der Waals surface area contributed by atoms with Crippen molar-refractivity contribution >= 4 is 28.6 Å². The number of amides is 1. The maximum atomic E-state index is 14.8. The van der Waals surface area contributed by atoms with E-state index in [0.717, 1.165) is 12.8 Å². The monoisotopic (exact) mass is 568 g/mol. The number of para-hydroxylation sites is 1. The first kappa shape index (κ1) is 27.5. The lowest BCUT2D eigenvalue weighted by Crippen LogP contribution is -2.40. The van der Waals surface area contributed by atoms with Crippen LogP contribution in [0.25, 0.3) is 10.6 Å². The third-order valence-corrected chi connectivity index (χ3v) is 7.43. The quantitative estimate of drug-likeness (QED) is 0.265. The molecule has 12 heteroatoms. The van der Waals surface area contributed by atoms with Crippen LogP contribution in [0, 0.1) is 5.92 Å². The number of aromatic nitrogens is 3. The number of alkyl halides is 3. The molecule has 1 fully saturated rings. The summed E-state index contributed by atoms with van der Waals surface area (Å²) >= 11 is 1.23. The summed E-state index contributed by atoms with van der Waals surface area (Å²) in [6.07, 6.45) is -0.0986. The highest BCUT2D eigenvalue weighted by molar-refractivity contribution is 7.13. The predicted molar refractivity (Wildman–Crippen MR) is 148 cm³/mol. The molecule has 0 unspecified atom stereocenters. The molecule has 1 aliphatic rings. The van der Waals surface area contributed by atoms with Crippen LogP contribution in [0.3, 0.4) is 0 Å². The van der Waals surface area contributed by atoms with Crippen LogP contribution >= 0.6 is 11.3 Å². The second-order valence-corrected chi connectivity index (χ2v) is 10.2. The van der Waals surface area contributed by atoms with E-state index in [1.807, 2.05) is 7.05 Å². The van der Waals surface area contributed by atoms with Gasteiger partial charge in [-0.1, -0.05) is 18.2 Å². The largest absolute Gasteiger partial charge is 0.457 e. The van der Waals surface area contributed by atoms with Crippen molar-refractivity contribution in [1.82, 2.24) is 20.5 Å². The van der Waals surface area contributed by atoms with Gasteiger partial charge in [-0.25, -0.2) is 4.98 Å². The van der Waals surface area contributed by atoms with Crippen molar-refractivity contribution in [3.8, 4) is 22.1 Å². The Morgan fingerprint density at radius 1 is 1.15 bits per heavy atom. The lowest BCUT2D eigenvalue weighted by molar-refractivity contribution is -0.138. The number of halogens is 3. The van der Waals surface area contributed by atoms with E-state index in [-0.39, 0.29) is 34.5 Å². The number of carbonyl (C=O) groups is 1. The Bertz CT molecular complexity index is 1450. The summed E-state index contributed by atoms with van der Waals surface area (Å²) in [6, 6.07) is 12.7. The van der Waals surface area contributed by atoms with Crippen molar-refractivity contribution < 1.29 is 22.7 Å². The van der Waals surface area contributed by atoms with Gasteiger partial charge in [-0.2, -0.15) is 23.4 Å². The van der Waals surface area contributed by atoms with Gasteiger partial charge in [-0.15, -0.1) is 11.3 Å². The van der Waals surface area contributed by atoms with E-state index in [1.165, 1.54) is 35.9 Å². The van der Waals surface area contributed by atoms with E-state index >= 15 is 0 Å². The van der Waals surface area contributed by atoms with Gasteiger partial charge in [-0.05, 0) is 62.7 Å². The first-order valence-electron chi connectivity index (χ1n) is 12.7. The molecule has 8 nitrogen and oxygen atoms in total. The number of rotatable bonds is 8. The second-order valence-electron chi connectivity index (χ2n) is 9.38. The first-order chi connectivity index (χ1) is 19.3. The first-order valence-corrected chi connectivity index (χ1v) is 13.6. The number of carbonyl (C=O) groups excluding carboxylic acids is 1. The van der Waals surface area contributed by atoms with Crippen molar-refractivity contribution in [1.29, 1.82) is 0 Å². The number of anilines is 2. The van der Waals surface area contributed by atoms with Gasteiger partial charge in [0.05, 0.1) is 23.8 Å². The fourth-order valence-electron chi connectivity index (χ4n) is 4.81. The number of benzene rings is 2. The molecule has 2 aromatic heterocycles. The van der Waals surface area contributed by atoms with Crippen molar-refractivity contribution in [2.45, 2.75) is 19.0 Å². The number of thiazole rings is 1. The van der Waals surface area contributed by atoms with Gasteiger partial charge < -0.3 is 20.3 Å². The molecule has 1 amide bonds. The summed E-state index contributed by atoms with van der Waals surface area (Å²) in [5.41, 5.74) is -0.217. The van der Waals surface area contributed by atoms with Crippen molar-refractivity contribution in [3.05, 3.63) is 77.6 Å². The lowest BCUT2D eigenvalue weighted by atomic mass is 9.96. The van der Waals surface area contributed by atoms with E-state index in [0.29, 0.717) is 30.2 Å². The van der Waals surface area contributed by atoms with Crippen LogP contribution in [-0.4, -0.2) is 47.8 Å². The third kappa shape index (κ3) is 6.23. The average Bonchev–Trinajstić information content (AvgIpc) is 3.45. The van der Waals surface area contributed by atoms with Gasteiger partial charge in [0.25, 0.3) is 5.91 Å². The minimum atomic E-state index is -4.75. The molecular formula is C28H27F3N6O2S. The summed E-state index contributed by atoms with van der Waals surface area (Å²) in [4.78, 5) is 19.3. The smallest absolute Gasteiger partial charge is 0.422 e. The Hall–Kier alpha value is -4.03. The Labute approximate surface area is 233 Å². The molecule has 208 valence electrons. The standard InChI is InChI=1S/C28H27F3N6O2S/c1-32-14-18-6-5-13-37(16-18)25-21(35-26(38)22-17-40-27(36-22)19-11-12-33-34-15-19)9-10-23(24(25)28(29,30)31)39-20-7-3-2-4-8-20/h2-4,7-12,15,17-18,32H,5-6,13-14,16H2,1H3,(H,35,38)/t18-/m1/s1. The molecule has 40 heavy (non-hydrogen) atoms. The van der Waals surface area contributed by atoms with E-state index < -0.39 is 17.6 Å². The Balaban J connectivity index is 1.54. The zero-order valence-corrected chi connectivity index (χ0v) is 22.4. The molecule has 1 atom stereocenters. The van der Waals surface area contributed by atoms with Crippen molar-refractivity contribution in [2.75, 3.05) is 36.9 Å². The molecule has 1 aliphatic heterocycles. The number of nitrogens with one attached hydrogen (secondary N) is 2. The van der Waals surface area contributed by atoms with Gasteiger partial charge in [0.2, 0.25) is 0 Å². The average molecular weight is 569 g/mol. The number of hydrogen-bond acceptors (Lipinski definition) is 8. The zero-order chi connectivity index (χ0) is 28.1. The summed E-state index contributed by atoms with van der Waals surface area (Å²) in [5.74, 6) is -0.511. The fraction of sp³-hybridized carbons (Fsp3) is 0.286. The number of ether oxygens (including phenoxy) is 1. The SMILES string of the molecule is CNC[C@H]1CCCN(c2c(NC(=O)c3csc(-c4ccnnc4)n3)ccc(Oc3ccccc3)c2C(F)(F)F)C1. The molecule has 3 heterocycles. The molecule has 5 rings (SSSR count). The Morgan fingerprint density at radius 3 is 2.70 bits per heavy atom. The summed E-state index contributed by atoms with van der Waals surface area (Å²) in [5, 5.41) is 15.5. The third-order valence-electron chi connectivity index (χ3n) is 6.54. The van der Waals surface area contributed by atoms with Gasteiger partial charge in [0.15, 0.2) is 0 Å². The molecule has 0 saturated carbocycles. The van der Waals surface area contributed by atoms with Crippen LogP contribution in [0.2, 0.25) is 0 Å². The van der Waals surface area contributed by atoms with Crippen LogP contribution in [0.4, 0.5) is 24.5 Å². The molecule has 2 aromatic carbocycles. The molecular weight excluding hydrogens is 541 g/mol. The van der Waals surface area contributed by atoms with Gasteiger partial charge in [-0.3, -0.25) is 4.79 Å². The van der Waals surface area contributed by atoms with Crippen molar-refractivity contribution in [3.63, 3.8) is 0 Å².